The highest BCUT2D eigenvalue weighted by Crippen LogP contribution is 2.18. The fourth-order valence-electron chi connectivity index (χ4n) is 1.47. The molecule has 0 radical (unpaired) electrons. The van der Waals surface area contributed by atoms with E-state index in [-0.39, 0.29) is 13.0 Å². The maximum Gasteiger partial charge on any atom is 0.260 e. The van der Waals surface area contributed by atoms with Gasteiger partial charge in [-0.3, -0.25) is 4.90 Å². The average molecular weight is 192 g/mol. The Hall–Kier alpha value is -0.220. The van der Waals surface area contributed by atoms with Crippen molar-refractivity contribution < 1.29 is 13.7 Å². The van der Waals surface area contributed by atoms with Gasteiger partial charge >= 0.3 is 0 Å². The van der Waals surface area contributed by atoms with Crippen LogP contribution in [0.2, 0.25) is 0 Å². The zero-order chi connectivity index (χ0) is 9.90. The number of halogens is 2. The molecule has 0 aromatic carbocycles. The Morgan fingerprint density at radius 2 is 1.92 bits per heavy atom. The van der Waals surface area contributed by atoms with Crippen LogP contribution in [0.15, 0.2) is 0 Å². The molecule has 0 amide bonds. The smallest absolute Gasteiger partial charge is 0.260 e. The molecule has 1 saturated heterocycles. The summed E-state index contributed by atoms with van der Waals surface area (Å²) in [5.41, 5.74) is 0. The number of alkyl halides is 2. The van der Waals surface area contributed by atoms with Crippen molar-refractivity contribution in [1.29, 1.82) is 0 Å². The van der Waals surface area contributed by atoms with E-state index >= 15 is 0 Å². The lowest BCUT2D eigenvalue weighted by molar-refractivity contribution is -0.858. The van der Waals surface area contributed by atoms with Crippen LogP contribution in [-0.4, -0.2) is 43.5 Å². The molecule has 0 aliphatic carbocycles. The lowest BCUT2D eigenvalue weighted by Gasteiger charge is -2.35. The van der Waals surface area contributed by atoms with Crippen molar-refractivity contribution in [2.24, 2.45) is 0 Å². The molecule has 13 heavy (non-hydrogen) atoms. The van der Waals surface area contributed by atoms with Gasteiger partial charge in [-0.2, -0.15) is 7.05 Å². The van der Waals surface area contributed by atoms with E-state index in [9.17, 15) is 8.78 Å². The second kappa shape index (κ2) is 4.33. The molecule has 0 atom stereocenters. The first-order valence-corrected chi connectivity index (χ1v) is 4.80. The van der Waals surface area contributed by atoms with Crippen LogP contribution in [0.5, 0.6) is 0 Å². The van der Waals surface area contributed by atoms with E-state index in [4.69, 9.17) is 0 Å². The topological polar surface area (TPSA) is 7.68 Å². The third-order valence-electron chi connectivity index (χ3n) is 2.54. The lowest BCUT2D eigenvalue weighted by atomic mass is 10.2. The number of hydrogen-bond donors (Lipinski definition) is 1. The van der Waals surface area contributed by atoms with Gasteiger partial charge in [0.25, 0.3) is 5.92 Å². The summed E-state index contributed by atoms with van der Waals surface area (Å²) in [4.78, 5) is 3.02. The van der Waals surface area contributed by atoms with E-state index in [0.717, 1.165) is 26.2 Å². The van der Waals surface area contributed by atoms with Gasteiger partial charge in [-0.15, -0.1) is 0 Å². The van der Waals surface area contributed by atoms with Crippen LogP contribution in [0.25, 0.3) is 0 Å². The van der Waals surface area contributed by atoms with Gasteiger partial charge in [0.15, 0.2) is 0 Å². The molecule has 0 unspecified atom stereocenters. The highest BCUT2D eigenvalue weighted by molar-refractivity contribution is 4.71. The van der Waals surface area contributed by atoms with Crippen molar-refractivity contribution >= 4 is 0 Å². The van der Waals surface area contributed by atoms with Crippen molar-refractivity contribution in [3.05, 3.63) is 7.05 Å². The molecule has 78 valence electrons. The van der Waals surface area contributed by atoms with Gasteiger partial charge < -0.3 is 4.90 Å². The van der Waals surface area contributed by atoms with E-state index in [1.54, 1.807) is 0 Å². The molecule has 2 nitrogen and oxygen atoms in total. The van der Waals surface area contributed by atoms with Crippen LogP contribution in [0.3, 0.4) is 0 Å². The third kappa shape index (κ3) is 3.56. The van der Waals surface area contributed by atoms with E-state index in [0.29, 0.717) is 0 Å². The molecular weight excluding hydrogens is 174 g/mol. The Kier molecular flexibility index (Phi) is 3.62. The maximum atomic E-state index is 13.0. The highest BCUT2D eigenvalue weighted by atomic mass is 19.3. The molecular formula is C9H18F2N2. The quantitative estimate of drug-likeness (QED) is 0.620. The summed E-state index contributed by atoms with van der Waals surface area (Å²) in [6.07, 6.45) is -0.0650. The summed E-state index contributed by atoms with van der Waals surface area (Å²) in [7, 11) is 3.85. The molecule has 4 heteroatoms. The third-order valence-corrected chi connectivity index (χ3v) is 2.54. The lowest BCUT2D eigenvalue weighted by Crippen LogP contribution is -3.10. The second-order valence-electron chi connectivity index (χ2n) is 3.74. The Bertz CT molecular complexity index is 154. The van der Waals surface area contributed by atoms with Crippen LogP contribution in [-0.2, 0) is 0 Å². The summed E-state index contributed by atoms with van der Waals surface area (Å²) in [6, 6.07) is 0. The fraction of sp³-hybridized carbons (Fsp3) is 0.889. The normalized spacial score (nSPS) is 22.2. The molecule has 1 aliphatic heterocycles. The van der Waals surface area contributed by atoms with Crippen molar-refractivity contribution in [3.8, 4) is 0 Å². The number of nitrogens with zero attached hydrogens (tertiary/aromatic N) is 1. The largest absolute Gasteiger partial charge is 0.466 e. The number of rotatable bonds is 3. The van der Waals surface area contributed by atoms with Crippen LogP contribution in [0.4, 0.5) is 8.78 Å². The molecule has 1 aliphatic rings. The number of hydrogen-bond acceptors (Lipinski definition) is 1. The molecule has 0 bridgehead atoms. The average Bonchev–Trinajstić information content (AvgIpc) is 2.09. The second-order valence-corrected chi connectivity index (χ2v) is 3.74. The van der Waals surface area contributed by atoms with E-state index in [1.165, 1.54) is 11.8 Å². The maximum absolute atomic E-state index is 13.0. The molecule has 1 N–H and O–H groups in total. The van der Waals surface area contributed by atoms with Crippen molar-refractivity contribution in [1.82, 2.24) is 4.90 Å². The molecule has 0 spiro atoms. The van der Waals surface area contributed by atoms with Gasteiger partial charge in [-0.05, 0) is 0 Å². The minimum Gasteiger partial charge on any atom is -0.466 e. The van der Waals surface area contributed by atoms with Crippen LogP contribution >= 0.6 is 0 Å². The minimum atomic E-state index is -2.52. The summed E-state index contributed by atoms with van der Waals surface area (Å²) < 4.78 is 25.9. The summed E-state index contributed by atoms with van der Waals surface area (Å²) in [5.74, 6) is -2.52. The zero-order valence-electron chi connectivity index (χ0n) is 8.15. The molecule has 1 heterocycles. The first-order valence-electron chi connectivity index (χ1n) is 4.80. The van der Waals surface area contributed by atoms with Crippen molar-refractivity contribution in [2.75, 3.05) is 32.7 Å². The standard InChI is InChI=1S/C9H18F2N2/c1-3-9(10,11)8-13-6-4-12(2)5-7-13/h12H,2-8H2,1H3. The van der Waals surface area contributed by atoms with Crippen LogP contribution < -0.4 is 4.90 Å². The predicted molar refractivity (Wildman–Crippen MR) is 47.7 cm³/mol. The van der Waals surface area contributed by atoms with Crippen molar-refractivity contribution in [2.45, 2.75) is 19.3 Å². The Morgan fingerprint density at radius 1 is 1.38 bits per heavy atom. The Labute approximate surface area is 78.5 Å². The van der Waals surface area contributed by atoms with E-state index in [1.807, 2.05) is 4.90 Å². The van der Waals surface area contributed by atoms with Crippen molar-refractivity contribution in [3.63, 3.8) is 0 Å². The van der Waals surface area contributed by atoms with Gasteiger partial charge in [0.05, 0.1) is 19.6 Å². The molecule has 0 aromatic heterocycles. The summed E-state index contributed by atoms with van der Waals surface area (Å²) >= 11 is 0. The highest BCUT2D eigenvalue weighted by Gasteiger charge is 2.30. The van der Waals surface area contributed by atoms with Gasteiger partial charge in [0.2, 0.25) is 0 Å². The molecule has 0 saturated carbocycles. The monoisotopic (exact) mass is 192 g/mol. The SMILES string of the molecule is [CH2-][NH+]1CCN(CC(F)(F)CC)CC1. The molecule has 1 fully saturated rings. The van der Waals surface area contributed by atoms with Gasteiger partial charge in [0.1, 0.15) is 0 Å². The van der Waals surface area contributed by atoms with Crippen LogP contribution in [0.1, 0.15) is 13.3 Å². The first-order chi connectivity index (χ1) is 6.03. The minimum absolute atomic E-state index is 0.0650. The molecule has 0 aromatic rings. The van der Waals surface area contributed by atoms with E-state index in [2.05, 4.69) is 7.05 Å². The Balaban J connectivity index is 2.30. The number of piperazine rings is 1. The Morgan fingerprint density at radius 3 is 2.38 bits per heavy atom. The van der Waals surface area contributed by atoms with Gasteiger partial charge in [-0.25, -0.2) is 8.78 Å². The number of nitrogens with one attached hydrogen (secondary N) is 1. The van der Waals surface area contributed by atoms with Crippen LogP contribution in [0, 0.1) is 7.05 Å². The fourth-order valence-corrected chi connectivity index (χ4v) is 1.47. The molecule has 1 rings (SSSR count). The van der Waals surface area contributed by atoms with Gasteiger partial charge in [0, 0.05) is 19.5 Å². The zero-order valence-corrected chi connectivity index (χ0v) is 8.15. The summed E-state index contributed by atoms with van der Waals surface area (Å²) in [5, 5.41) is 0. The van der Waals surface area contributed by atoms with Gasteiger partial charge in [-0.1, -0.05) is 6.92 Å². The number of quaternary nitrogens is 1. The van der Waals surface area contributed by atoms with E-state index < -0.39 is 5.92 Å². The predicted octanol–water partition coefficient (Wildman–Crippen LogP) is 0.0238. The summed E-state index contributed by atoms with van der Waals surface area (Å²) in [6.45, 7) is 4.68. The first kappa shape index (κ1) is 10.9.